The number of benzene rings is 1. The maximum Gasteiger partial charge on any atom is 0.329 e. The summed E-state index contributed by atoms with van der Waals surface area (Å²) in [5.41, 5.74) is 2.06. The van der Waals surface area contributed by atoms with Crippen LogP contribution in [0.3, 0.4) is 0 Å². The van der Waals surface area contributed by atoms with E-state index in [0.29, 0.717) is 5.92 Å². The van der Waals surface area contributed by atoms with Gasteiger partial charge in [0.2, 0.25) is 0 Å². The van der Waals surface area contributed by atoms with E-state index in [2.05, 4.69) is 13.8 Å². The number of ether oxygens (including phenoxy) is 2. The topological polar surface area (TPSA) is 55.8 Å². The highest BCUT2D eigenvalue weighted by Crippen LogP contribution is 2.30. The molecule has 0 amide bonds. The standard InChI is InChI=1S/C14H20O4/c1-9(2)11-5-6-13(17-4)12(7-11)10(3)18-8-14(15)16/h5-7,9-10H,8H2,1-4H3,(H,15,16). The third-order valence-corrected chi connectivity index (χ3v) is 2.82. The number of aliphatic carboxylic acids is 1. The van der Waals surface area contributed by atoms with Crippen molar-refractivity contribution in [3.05, 3.63) is 29.3 Å². The van der Waals surface area contributed by atoms with Crippen molar-refractivity contribution in [2.75, 3.05) is 13.7 Å². The van der Waals surface area contributed by atoms with Crippen LogP contribution in [-0.2, 0) is 9.53 Å². The first kappa shape index (κ1) is 14.5. The number of hydrogen-bond acceptors (Lipinski definition) is 3. The van der Waals surface area contributed by atoms with Crippen molar-refractivity contribution in [2.24, 2.45) is 0 Å². The highest BCUT2D eigenvalue weighted by molar-refractivity contribution is 5.68. The summed E-state index contributed by atoms with van der Waals surface area (Å²) in [5.74, 6) is 0.152. The van der Waals surface area contributed by atoms with E-state index in [9.17, 15) is 4.79 Å². The Kier molecular flexibility index (Phi) is 5.16. The monoisotopic (exact) mass is 252 g/mol. The fraction of sp³-hybridized carbons (Fsp3) is 0.500. The molecule has 0 aliphatic heterocycles. The first-order valence-electron chi connectivity index (χ1n) is 5.97. The number of methoxy groups -OCH3 is 1. The van der Waals surface area contributed by atoms with Crippen molar-refractivity contribution in [2.45, 2.75) is 32.8 Å². The molecular formula is C14H20O4. The lowest BCUT2D eigenvalue weighted by atomic mass is 9.98. The second kappa shape index (κ2) is 6.40. The largest absolute Gasteiger partial charge is 0.496 e. The summed E-state index contributed by atoms with van der Waals surface area (Å²) in [7, 11) is 1.60. The zero-order valence-corrected chi connectivity index (χ0v) is 11.3. The van der Waals surface area contributed by atoms with Crippen LogP contribution in [0.15, 0.2) is 18.2 Å². The summed E-state index contributed by atoms with van der Waals surface area (Å²) < 4.78 is 10.6. The molecule has 0 saturated carbocycles. The molecule has 1 aromatic carbocycles. The first-order chi connectivity index (χ1) is 8.45. The number of carbonyl (C=O) groups is 1. The van der Waals surface area contributed by atoms with Gasteiger partial charge in [-0.15, -0.1) is 0 Å². The summed E-state index contributed by atoms with van der Waals surface area (Å²) in [6.45, 7) is 5.73. The third kappa shape index (κ3) is 3.74. The fourth-order valence-corrected chi connectivity index (χ4v) is 1.72. The Hall–Kier alpha value is -1.55. The average Bonchev–Trinajstić information content (AvgIpc) is 2.34. The second-order valence-corrected chi connectivity index (χ2v) is 4.50. The highest BCUT2D eigenvalue weighted by Gasteiger charge is 2.15. The zero-order chi connectivity index (χ0) is 13.7. The summed E-state index contributed by atoms with van der Waals surface area (Å²) in [6, 6.07) is 5.91. The Morgan fingerprint density at radius 1 is 1.33 bits per heavy atom. The second-order valence-electron chi connectivity index (χ2n) is 4.50. The van der Waals surface area contributed by atoms with E-state index in [-0.39, 0.29) is 12.7 Å². The van der Waals surface area contributed by atoms with E-state index >= 15 is 0 Å². The van der Waals surface area contributed by atoms with Gasteiger partial charge in [-0.25, -0.2) is 4.79 Å². The van der Waals surface area contributed by atoms with Gasteiger partial charge in [-0.1, -0.05) is 19.9 Å². The van der Waals surface area contributed by atoms with Gasteiger partial charge in [0.25, 0.3) is 0 Å². The molecule has 0 aliphatic carbocycles. The molecule has 1 rings (SSSR count). The molecule has 1 N–H and O–H groups in total. The number of hydrogen-bond donors (Lipinski definition) is 1. The van der Waals surface area contributed by atoms with Gasteiger partial charge in [-0.2, -0.15) is 0 Å². The number of carboxylic acids is 1. The Morgan fingerprint density at radius 3 is 2.50 bits per heavy atom. The fourth-order valence-electron chi connectivity index (χ4n) is 1.72. The molecule has 0 spiro atoms. The molecule has 1 aromatic rings. The predicted octanol–water partition coefficient (Wildman–Crippen LogP) is 2.98. The van der Waals surface area contributed by atoms with E-state index < -0.39 is 5.97 Å². The molecule has 1 atom stereocenters. The molecule has 1 unspecified atom stereocenters. The highest BCUT2D eigenvalue weighted by atomic mass is 16.5. The number of rotatable bonds is 6. The van der Waals surface area contributed by atoms with Crippen LogP contribution in [0.1, 0.15) is 43.9 Å². The molecule has 0 fully saturated rings. The number of carboxylic acid groups (broad SMARTS) is 1. The first-order valence-corrected chi connectivity index (χ1v) is 5.97. The van der Waals surface area contributed by atoms with Crippen molar-refractivity contribution < 1.29 is 19.4 Å². The van der Waals surface area contributed by atoms with E-state index in [1.54, 1.807) is 7.11 Å². The van der Waals surface area contributed by atoms with Gasteiger partial charge in [0, 0.05) is 5.56 Å². The van der Waals surface area contributed by atoms with E-state index in [4.69, 9.17) is 14.6 Å². The predicted molar refractivity (Wildman–Crippen MR) is 69.1 cm³/mol. The Morgan fingerprint density at radius 2 is 2.00 bits per heavy atom. The maximum atomic E-state index is 10.5. The molecule has 4 nitrogen and oxygen atoms in total. The van der Waals surface area contributed by atoms with E-state index in [0.717, 1.165) is 11.3 Å². The smallest absolute Gasteiger partial charge is 0.329 e. The zero-order valence-electron chi connectivity index (χ0n) is 11.3. The van der Waals surface area contributed by atoms with Gasteiger partial charge in [-0.05, 0) is 30.5 Å². The third-order valence-electron chi connectivity index (χ3n) is 2.82. The Balaban J connectivity index is 2.96. The van der Waals surface area contributed by atoms with Crippen LogP contribution in [-0.4, -0.2) is 24.8 Å². The van der Waals surface area contributed by atoms with Crippen LogP contribution < -0.4 is 4.74 Å². The SMILES string of the molecule is COc1ccc(C(C)C)cc1C(C)OCC(=O)O. The molecule has 0 aromatic heterocycles. The van der Waals surface area contributed by atoms with Crippen LogP contribution in [0.25, 0.3) is 0 Å². The molecular weight excluding hydrogens is 232 g/mol. The summed E-state index contributed by atoms with van der Waals surface area (Å²) in [4.78, 5) is 10.5. The molecule has 0 saturated heterocycles. The minimum Gasteiger partial charge on any atom is -0.496 e. The van der Waals surface area contributed by atoms with Crippen molar-refractivity contribution in [1.29, 1.82) is 0 Å². The van der Waals surface area contributed by atoms with Crippen LogP contribution in [0.4, 0.5) is 0 Å². The Bertz CT molecular complexity index is 412. The van der Waals surface area contributed by atoms with Crippen molar-refractivity contribution in [1.82, 2.24) is 0 Å². The van der Waals surface area contributed by atoms with Crippen molar-refractivity contribution in [3.63, 3.8) is 0 Å². The average molecular weight is 252 g/mol. The Labute approximate surface area is 108 Å². The van der Waals surface area contributed by atoms with Gasteiger partial charge in [0.1, 0.15) is 12.4 Å². The van der Waals surface area contributed by atoms with Gasteiger partial charge in [0.05, 0.1) is 13.2 Å². The minimum absolute atomic E-state index is 0.309. The molecule has 0 radical (unpaired) electrons. The maximum absolute atomic E-state index is 10.5. The molecule has 18 heavy (non-hydrogen) atoms. The normalized spacial score (nSPS) is 12.5. The molecule has 0 bridgehead atoms. The molecule has 0 heterocycles. The van der Waals surface area contributed by atoms with Gasteiger partial charge >= 0.3 is 5.97 Å². The summed E-state index contributed by atoms with van der Waals surface area (Å²) in [5, 5.41) is 8.62. The molecule has 100 valence electrons. The van der Waals surface area contributed by atoms with Crippen LogP contribution in [0.5, 0.6) is 5.75 Å². The van der Waals surface area contributed by atoms with E-state index in [1.807, 2.05) is 25.1 Å². The van der Waals surface area contributed by atoms with Gasteiger partial charge in [-0.3, -0.25) is 0 Å². The van der Waals surface area contributed by atoms with Gasteiger partial charge < -0.3 is 14.6 Å². The summed E-state index contributed by atoms with van der Waals surface area (Å²) in [6.07, 6.45) is -0.310. The minimum atomic E-state index is -0.971. The quantitative estimate of drug-likeness (QED) is 0.845. The van der Waals surface area contributed by atoms with E-state index in [1.165, 1.54) is 5.56 Å². The van der Waals surface area contributed by atoms with Crippen LogP contribution in [0.2, 0.25) is 0 Å². The van der Waals surface area contributed by atoms with Gasteiger partial charge in [0.15, 0.2) is 0 Å². The lowest BCUT2D eigenvalue weighted by molar-refractivity contribution is -0.144. The van der Waals surface area contributed by atoms with Crippen LogP contribution >= 0.6 is 0 Å². The lowest BCUT2D eigenvalue weighted by Crippen LogP contribution is -2.11. The summed E-state index contributed by atoms with van der Waals surface area (Å²) >= 11 is 0. The molecule has 0 aliphatic rings. The van der Waals surface area contributed by atoms with Crippen molar-refractivity contribution >= 4 is 5.97 Å². The van der Waals surface area contributed by atoms with Crippen LogP contribution in [0, 0.1) is 0 Å². The van der Waals surface area contributed by atoms with Crippen molar-refractivity contribution in [3.8, 4) is 5.75 Å². The lowest BCUT2D eigenvalue weighted by Gasteiger charge is -2.18. The molecule has 4 heteroatoms.